The van der Waals surface area contributed by atoms with Gasteiger partial charge in [-0.05, 0) is 22.0 Å². The van der Waals surface area contributed by atoms with E-state index in [0.29, 0.717) is 32.4 Å². The third-order valence-electron chi connectivity index (χ3n) is 2.58. The van der Waals surface area contributed by atoms with Crippen molar-refractivity contribution in [3.05, 3.63) is 39.7 Å². The summed E-state index contributed by atoms with van der Waals surface area (Å²) >= 11 is 9.15. The van der Waals surface area contributed by atoms with E-state index in [9.17, 15) is 4.79 Å². The van der Waals surface area contributed by atoms with Gasteiger partial charge < -0.3 is 19.2 Å². The molecule has 1 heterocycles. The zero-order chi connectivity index (χ0) is 14.7. The van der Waals surface area contributed by atoms with Gasteiger partial charge in [0.15, 0.2) is 4.67 Å². The highest BCUT2D eigenvalue weighted by atomic mass is 79.9. The summed E-state index contributed by atoms with van der Waals surface area (Å²) < 4.78 is 15.7. The van der Waals surface area contributed by atoms with Gasteiger partial charge in [-0.15, -0.1) is 0 Å². The van der Waals surface area contributed by atoms with E-state index in [1.54, 1.807) is 18.2 Å². The second-order valence-electron chi connectivity index (χ2n) is 3.75. The van der Waals surface area contributed by atoms with Crippen LogP contribution in [0.3, 0.4) is 0 Å². The van der Waals surface area contributed by atoms with E-state index in [4.69, 9.17) is 25.5 Å². The largest absolute Gasteiger partial charge is 0.495 e. The summed E-state index contributed by atoms with van der Waals surface area (Å²) in [5, 5.41) is 3.11. The van der Waals surface area contributed by atoms with Crippen LogP contribution in [0.4, 0.5) is 5.69 Å². The lowest BCUT2D eigenvalue weighted by Crippen LogP contribution is -2.12. The molecule has 106 valence electrons. The number of carbonyl (C=O) groups is 1. The summed E-state index contributed by atoms with van der Waals surface area (Å²) in [6.45, 7) is 0. The van der Waals surface area contributed by atoms with Crippen molar-refractivity contribution in [1.82, 2.24) is 0 Å². The van der Waals surface area contributed by atoms with Crippen LogP contribution >= 0.6 is 27.5 Å². The Morgan fingerprint density at radius 2 is 2.00 bits per heavy atom. The maximum Gasteiger partial charge on any atom is 0.260 e. The molecule has 0 saturated carbocycles. The van der Waals surface area contributed by atoms with E-state index in [1.807, 2.05) is 0 Å². The Kier molecular flexibility index (Phi) is 4.57. The second kappa shape index (κ2) is 6.19. The number of anilines is 1. The SMILES string of the molecule is COc1cc(NC(=O)c2ccoc2Br)c(OC)cc1Cl. The Balaban J connectivity index is 2.33. The first-order valence-electron chi connectivity index (χ1n) is 5.52. The molecule has 0 atom stereocenters. The fourth-order valence-corrected chi connectivity index (χ4v) is 2.25. The zero-order valence-electron chi connectivity index (χ0n) is 10.7. The fraction of sp³-hybridized carbons (Fsp3) is 0.154. The van der Waals surface area contributed by atoms with E-state index in [0.717, 1.165) is 0 Å². The van der Waals surface area contributed by atoms with Crippen molar-refractivity contribution in [2.24, 2.45) is 0 Å². The molecule has 0 spiro atoms. The highest BCUT2D eigenvalue weighted by Crippen LogP contribution is 2.36. The standard InChI is InChI=1S/C13H11BrClNO4/c1-18-10-6-9(11(19-2)5-8(10)15)16-13(17)7-3-4-20-12(7)14/h3-6H,1-2H3,(H,16,17). The number of hydrogen-bond donors (Lipinski definition) is 1. The molecule has 1 aromatic heterocycles. The van der Waals surface area contributed by atoms with Crippen molar-refractivity contribution in [3.8, 4) is 11.5 Å². The molecule has 5 nitrogen and oxygen atoms in total. The lowest BCUT2D eigenvalue weighted by atomic mass is 10.2. The summed E-state index contributed by atoms with van der Waals surface area (Å²) in [5.74, 6) is 0.533. The molecule has 7 heteroatoms. The van der Waals surface area contributed by atoms with E-state index >= 15 is 0 Å². The molecule has 0 aliphatic carbocycles. The number of hydrogen-bond acceptors (Lipinski definition) is 4. The summed E-state index contributed by atoms with van der Waals surface area (Å²) in [7, 11) is 2.98. The van der Waals surface area contributed by atoms with Gasteiger partial charge in [-0.1, -0.05) is 11.6 Å². The van der Waals surface area contributed by atoms with Crippen LogP contribution in [0.25, 0.3) is 0 Å². The van der Waals surface area contributed by atoms with Crippen LogP contribution in [0, 0.1) is 0 Å². The molecule has 0 aliphatic rings. The topological polar surface area (TPSA) is 60.7 Å². The number of ether oxygens (including phenoxy) is 2. The maximum absolute atomic E-state index is 12.1. The number of nitrogens with one attached hydrogen (secondary N) is 1. The van der Waals surface area contributed by atoms with Gasteiger partial charge in [-0.3, -0.25) is 4.79 Å². The molecular weight excluding hydrogens is 350 g/mol. The van der Waals surface area contributed by atoms with Crippen molar-refractivity contribution in [2.45, 2.75) is 0 Å². The fourth-order valence-electron chi connectivity index (χ4n) is 1.60. The van der Waals surface area contributed by atoms with Crippen molar-refractivity contribution in [2.75, 3.05) is 19.5 Å². The highest BCUT2D eigenvalue weighted by Gasteiger charge is 2.16. The quantitative estimate of drug-likeness (QED) is 0.896. The lowest BCUT2D eigenvalue weighted by molar-refractivity contribution is 0.102. The summed E-state index contributed by atoms with van der Waals surface area (Å²) in [4.78, 5) is 12.1. The van der Waals surface area contributed by atoms with E-state index in [1.165, 1.54) is 20.5 Å². The van der Waals surface area contributed by atoms with E-state index < -0.39 is 0 Å². The minimum Gasteiger partial charge on any atom is -0.495 e. The number of rotatable bonds is 4. The first kappa shape index (κ1) is 14.7. The molecule has 0 bridgehead atoms. The Labute approximate surface area is 128 Å². The Morgan fingerprint density at radius 3 is 2.55 bits per heavy atom. The van der Waals surface area contributed by atoms with Gasteiger partial charge in [0.25, 0.3) is 5.91 Å². The number of halogens is 2. The molecule has 0 aliphatic heterocycles. The van der Waals surface area contributed by atoms with Crippen molar-refractivity contribution in [1.29, 1.82) is 0 Å². The third kappa shape index (κ3) is 2.91. The molecule has 1 amide bonds. The number of carbonyl (C=O) groups excluding carboxylic acids is 1. The second-order valence-corrected chi connectivity index (χ2v) is 4.88. The van der Waals surface area contributed by atoms with Crippen LogP contribution in [0.2, 0.25) is 5.02 Å². The molecule has 1 N–H and O–H groups in total. The van der Waals surface area contributed by atoms with Crippen molar-refractivity contribution >= 4 is 39.1 Å². The molecule has 0 radical (unpaired) electrons. The molecular formula is C13H11BrClNO4. The minimum atomic E-state index is -0.340. The number of furan rings is 1. The Bertz CT molecular complexity index is 641. The Morgan fingerprint density at radius 1 is 1.30 bits per heavy atom. The van der Waals surface area contributed by atoms with Crippen LogP contribution in [0.5, 0.6) is 11.5 Å². The number of amides is 1. The molecule has 0 unspecified atom stereocenters. The van der Waals surface area contributed by atoms with Crippen LogP contribution in [0.15, 0.2) is 33.5 Å². The van der Waals surface area contributed by atoms with Crippen molar-refractivity contribution < 1.29 is 18.7 Å². The Hall–Kier alpha value is -1.66. The molecule has 0 saturated heterocycles. The predicted molar refractivity (Wildman–Crippen MR) is 78.9 cm³/mol. The molecule has 1 aromatic carbocycles. The number of methoxy groups -OCH3 is 2. The van der Waals surface area contributed by atoms with Gasteiger partial charge in [0.1, 0.15) is 11.5 Å². The van der Waals surface area contributed by atoms with Crippen LogP contribution in [0.1, 0.15) is 10.4 Å². The highest BCUT2D eigenvalue weighted by molar-refractivity contribution is 9.10. The van der Waals surface area contributed by atoms with Gasteiger partial charge >= 0.3 is 0 Å². The molecule has 2 rings (SSSR count). The van der Waals surface area contributed by atoms with E-state index in [-0.39, 0.29) is 5.91 Å². The van der Waals surface area contributed by atoms with Gasteiger partial charge in [-0.2, -0.15) is 0 Å². The molecule has 20 heavy (non-hydrogen) atoms. The van der Waals surface area contributed by atoms with Crippen LogP contribution in [-0.2, 0) is 0 Å². The smallest absolute Gasteiger partial charge is 0.260 e. The first-order valence-corrected chi connectivity index (χ1v) is 6.69. The summed E-state index contributed by atoms with van der Waals surface area (Å²) in [6, 6.07) is 4.71. The predicted octanol–water partition coefficient (Wildman–Crippen LogP) is 3.97. The average molecular weight is 361 g/mol. The van der Waals surface area contributed by atoms with Crippen LogP contribution < -0.4 is 14.8 Å². The molecule has 0 fully saturated rings. The first-order chi connectivity index (χ1) is 9.56. The zero-order valence-corrected chi connectivity index (χ0v) is 13.0. The van der Waals surface area contributed by atoms with Gasteiger partial charge in [0, 0.05) is 12.1 Å². The summed E-state index contributed by atoms with van der Waals surface area (Å²) in [5.41, 5.74) is 0.827. The van der Waals surface area contributed by atoms with Crippen LogP contribution in [-0.4, -0.2) is 20.1 Å². The van der Waals surface area contributed by atoms with Gasteiger partial charge in [0.05, 0.1) is 36.8 Å². The normalized spacial score (nSPS) is 10.2. The summed E-state index contributed by atoms with van der Waals surface area (Å²) in [6.07, 6.45) is 1.42. The monoisotopic (exact) mass is 359 g/mol. The lowest BCUT2D eigenvalue weighted by Gasteiger charge is -2.12. The number of benzene rings is 1. The molecule has 2 aromatic rings. The van der Waals surface area contributed by atoms with E-state index in [2.05, 4.69) is 21.2 Å². The third-order valence-corrected chi connectivity index (χ3v) is 3.49. The minimum absolute atomic E-state index is 0.340. The maximum atomic E-state index is 12.1. The van der Waals surface area contributed by atoms with Crippen molar-refractivity contribution in [3.63, 3.8) is 0 Å². The average Bonchev–Trinajstić information content (AvgIpc) is 2.86. The van der Waals surface area contributed by atoms with Gasteiger partial charge in [0.2, 0.25) is 0 Å². The van der Waals surface area contributed by atoms with Gasteiger partial charge in [-0.25, -0.2) is 0 Å².